The van der Waals surface area contributed by atoms with Crippen LogP contribution in [0.4, 0.5) is 8.78 Å². The smallest absolute Gasteiger partial charge is 0.387 e. The fraction of sp³-hybridized carbons (Fsp3) is 0.308. The van der Waals surface area contributed by atoms with Gasteiger partial charge in [0.05, 0.1) is 23.1 Å². The number of alkyl halides is 2. The van der Waals surface area contributed by atoms with Gasteiger partial charge in [-0.1, -0.05) is 12.1 Å². The molecule has 0 spiro atoms. The number of halogens is 2. The van der Waals surface area contributed by atoms with Gasteiger partial charge in [-0.25, -0.2) is 15.0 Å². The molecule has 2 bridgehead atoms. The second-order valence-electron chi connectivity index (χ2n) is 9.68. The van der Waals surface area contributed by atoms with E-state index in [0.717, 1.165) is 22.2 Å². The standard InChI is InChI=1S/C26H23F2N5O3/c1-26(2,35)24-29-11-14(12-30-24)13-7-8-16-17(9-13)33-18-10-19(22(33)31-16)32(3)23(34)15-5-4-6-20(21(15)18)36-25(27)28/h4-9,11-12,18-19,25,35H,10H2,1-3H3/t18-,19-/m1/s1. The third-order valence-corrected chi connectivity index (χ3v) is 6.94. The molecule has 1 amide bonds. The van der Waals surface area contributed by atoms with Crippen LogP contribution in [0, 0.1) is 0 Å². The number of nitrogens with zero attached hydrogens (tertiary/aromatic N) is 5. The Morgan fingerprint density at radius 3 is 2.56 bits per heavy atom. The molecular weight excluding hydrogens is 468 g/mol. The summed E-state index contributed by atoms with van der Waals surface area (Å²) in [4.78, 5) is 28.3. The first-order valence-corrected chi connectivity index (χ1v) is 11.6. The van der Waals surface area contributed by atoms with E-state index >= 15 is 0 Å². The van der Waals surface area contributed by atoms with Crippen LogP contribution in [0.5, 0.6) is 5.75 Å². The van der Waals surface area contributed by atoms with Crippen molar-refractivity contribution in [2.45, 2.75) is 44.6 Å². The number of carbonyl (C=O) groups excluding carboxylic acids is 1. The third-order valence-electron chi connectivity index (χ3n) is 6.94. The Balaban J connectivity index is 1.52. The van der Waals surface area contributed by atoms with Gasteiger partial charge in [-0.05, 0) is 43.7 Å². The fourth-order valence-electron chi connectivity index (χ4n) is 5.25. The molecule has 2 atom stereocenters. The maximum Gasteiger partial charge on any atom is 0.387 e. The SMILES string of the molecule is CN1C(=O)c2cccc(OC(F)F)c2[C@H]2C[C@@H]1c1nc3ccc(-c4cnc(C(C)(C)O)nc4)cc3n12. The van der Waals surface area contributed by atoms with Crippen molar-refractivity contribution in [1.29, 1.82) is 0 Å². The normalized spacial score (nSPS) is 19.0. The lowest BCUT2D eigenvalue weighted by Crippen LogP contribution is -2.30. The molecule has 36 heavy (non-hydrogen) atoms. The summed E-state index contributed by atoms with van der Waals surface area (Å²) in [6, 6.07) is 9.73. The summed E-state index contributed by atoms with van der Waals surface area (Å²) < 4.78 is 33.4. The van der Waals surface area contributed by atoms with E-state index in [1.54, 1.807) is 50.3 Å². The van der Waals surface area contributed by atoms with Crippen LogP contribution >= 0.6 is 0 Å². The van der Waals surface area contributed by atoms with Gasteiger partial charge in [-0.3, -0.25) is 4.79 Å². The summed E-state index contributed by atoms with van der Waals surface area (Å²) in [6.45, 7) is 0.230. The molecule has 0 unspecified atom stereocenters. The van der Waals surface area contributed by atoms with Crippen molar-refractivity contribution in [3.63, 3.8) is 0 Å². The van der Waals surface area contributed by atoms with Gasteiger partial charge in [0, 0.05) is 42.6 Å². The van der Waals surface area contributed by atoms with Crippen LogP contribution in [0.25, 0.3) is 22.2 Å². The molecule has 2 aromatic heterocycles. The van der Waals surface area contributed by atoms with E-state index in [1.165, 1.54) is 6.07 Å². The van der Waals surface area contributed by atoms with Crippen LogP contribution in [0.3, 0.4) is 0 Å². The Morgan fingerprint density at radius 2 is 1.86 bits per heavy atom. The molecule has 8 nitrogen and oxygen atoms in total. The van der Waals surface area contributed by atoms with Gasteiger partial charge in [0.2, 0.25) is 0 Å². The number of amides is 1. The van der Waals surface area contributed by atoms with Crippen LogP contribution in [0.15, 0.2) is 48.8 Å². The lowest BCUT2D eigenvalue weighted by Gasteiger charge is -2.24. The average molecular weight is 491 g/mol. The van der Waals surface area contributed by atoms with Crippen molar-refractivity contribution >= 4 is 16.9 Å². The number of fused-ring (bicyclic) bond motifs is 9. The molecule has 0 fully saturated rings. The Kier molecular flexibility index (Phi) is 4.88. The number of hydrogen-bond acceptors (Lipinski definition) is 6. The van der Waals surface area contributed by atoms with Crippen molar-refractivity contribution in [2.24, 2.45) is 0 Å². The summed E-state index contributed by atoms with van der Waals surface area (Å²) in [5.74, 6) is 0.768. The first-order chi connectivity index (χ1) is 17.1. The number of imidazole rings is 1. The van der Waals surface area contributed by atoms with Crippen molar-refractivity contribution in [3.05, 3.63) is 71.6 Å². The zero-order valence-corrected chi connectivity index (χ0v) is 19.8. The molecule has 0 aliphatic carbocycles. The van der Waals surface area contributed by atoms with E-state index in [2.05, 4.69) is 9.97 Å². The van der Waals surface area contributed by atoms with Crippen LogP contribution < -0.4 is 4.74 Å². The number of aromatic nitrogens is 4. The van der Waals surface area contributed by atoms with Crippen molar-refractivity contribution < 1.29 is 23.4 Å². The summed E-state index contributed by atoms with van der Waals surface area (Å²) in [5.41, 5.74) is 2.78. The minimum atomic E-state index is -3.01. The molecule has 1 N–H and O–H groups in total. The molecule has 4 aromatic rings. The van der Waals surface area contributed by atoms with Crippen LogP contribution in [0.1, 0.15) is 59.9 Å². The molecule has 2 aliphatic rings. The lowest BCUT2D eigenvalue weighted by atomic mass is 9.97. The highest BCUT2D eigenvalue weighted by Gasteiger charge is 2.45. The van der Waals surface area contributed by atoms with E-state index < -0.39 is 18.3 Å². The minimum Gasteiger partial charge on any atom is -0.434 e. The van der Waals surface area contributed by atoms with Crippen LogP contribution in [0.2, 0.25) is 0 Å². The van der Waals surface area contributed by atoms with Crippen LogP contribution in [-0.4, -0.2) is 49.1 Å². The Morgan fingerprint density at radius 1 is 1.11 bits per heavy atom. The number of carbonyl (C=O) groups is 1. The molecule has 0 saturated carbocycles. The summed E-state index contributed by atoms with van der Waals surface area (Å²) in [6.07, 6.45) is 3.82. The van der Waals surface area contributed by atoms with Gasteiger partial charge in [0.15, 0.2) is 5.82 Å². The zero-order chi connectivity index (χ0) is 25.4. The highest BCUT2D eigenvalue weighted by Crippen LogP contribution is 2.50. The summed E-state index contributed by atoms with van der Waals surface area (Å²) in [7, 11) is 1.71. The highest BCUT2D eigenvalue weighted by atomic mass is 19.3. The largest absolute Gasteiger partial charge is 0.434 e. The van der Waals surface area contributed by atoms with Gasteiger partial charge >= 0.3 is 6.61 Å². The molecule has 0 saturated heterocycles. The first-order valence-electron chi connectivity index (χ1n) is 11.6. The van der Waals surface area contributed by atoms with Gasteiger partial charge < -0.3 is 19.3 Å². The number of hydrogen-bond donors (Lipinski definition) is 1. The number of ether oxygens (including phenoxy) is 1. The predicted molar refractivity (Wildman–Crippen MR) is 127 cm³/mol. The Hall–Kier alpha value is -3.92. The predicted octanol–water partition coefficient (Wildman–Crippen LogP) is 4.44. The monoisotopic (exact) mass is 491 g/mol. The van der Waals surface area contributed by atoms with E-state index in [1.807, 2.05) is 22.8 Å². The zero-order valence-electron chi connectivity index (χ0n) is 19.8. The molecule has 0 radical (unpaired) electrons. The molecule has 6 rings (SSSR count). The van der Waals surface area contributed by atoms with Gasteiger partial charge in [0.25, 0.3) is 5.91 Å². The quantitative estimate of drug-likeness (QED) is 0.454. The third kappa shape index (κ3) is 3.35. The Labute approximate surface area is 205 Å². The minimum absolute atomic E-state index is 0.00337. The number of benzene rings is 2. The lowest BCUT2D eigenvalue weighted by molar-refractivity contribution is -0.0507. The summed E-state index contributed by atoms with van der Waals surface area (Å²) >= 11 is 0. The number of aliphatic hydroxyl groups is 1. The second-order valence-corrected chi connectivity index (χ2v) is 9.68. The average Bonchev–Trinajstić information content (AvgIpc) is 3.36. The fourth-order valence-corrected chi connectivity index (χ4v) is 5.25. The number of rotatable bonds is 4. The molecule has 2 aliphatic heterocycles. The summed E-state index contributed by atoms with van der Waals surface area (Å²) in [5, 5.41) is 10.2. The second kappa shape index (κ2) is 7.79. The van der Waals surface area contributed by atoms with E-state index in [4.69, 9.17) is 9.72 Å². The van der Waals surface area contributed by atoms with Gasteiger partial charge in [0.1, 0.15) is 17.2 Å². The highest BCUT2D eigenvalue weighted by molar-refractivity contribution is 5.98. The van der Waals surface area contributed by atoms with Gasteiger partial charge in [-0.2, -0.15) is 8.78 Å². The van der Waals surface area contributed by atoms with Crippen molar-refractivity contribution in [2.75, 3.05) is 7.05 Å². The molecule has 4 heterocycles. The molecule has 2 aromatic carbocycles. The molecular formula is C26H23F2N5O3. The van der Waals surface area contributed by atoms with E-state index in [9.17, 15) is 18.7 Å². The van der Waals surface area contributed by atoms with Crippen molar-refractivity contribution in [3.8, 4) is 16.9 Å². The van der Waals surface area contributed by atoms with Crippen molar-refractivity contribution in [1.82, 2.24) is 24.4 Å². The molecule has 10 heteroatoms. The maximum atomic E-state index is 13.3. The van der Waals surface area contributed by atoms with Gasteiger partial charge in [-0.15, -0.1) is 0 Å². The van der Waals surface area contributed by atoms with E-state index in [0.29, 0.717) is 29.2 Å². The maximum absolute atomic E-state index is 13.3. The topological polar surface area (TPSA) is 93.4 Å². The first kappa shape index (κ1) is 22.5. The van der Waals surface area contributed by atoms with E-state index in [-0.39, 0.29) is 17.7 Å². The van der Waals surface area contributed by atoms with Crippen LogP contribution in [-0.2, 0) is 5.60 Å². The Bertz CT molecular complexity index is 1510. The molecule has 184 valence electrons.